The number of rotatable bonds is 7. The second-order valence-electron chi connectivity index (χ2n) is 6.01. The topological polar surface area (TPSA) is 144 Å². The molecule has 3 rings (SSSR count). The first-order valence-electron chi connectivity index (χ1n) is 8.58. The van der Waals surface area contributed by atoms with E-state index in [0.717, 1.165) is 6.07 Å². The van der Waals surface area contributed by atoms with Crippen molar-refractivity contribution in [1.29, 1.82) is 5.26 Å². The van der Waals surface area contributed by atoms with Gasteiger partial charge < -0.3 is 9.73 Å². The number of benzene rings is 1. The summed E-state index contributed by atoms with van der Waals surface area (Å²) in [5.74, 6) is 0.143. The molecule has 0 saturated heterocycles. The Labute approximate surface area is 164 Å². The predicted molar refractivity (Wildman–Crippen MR) is 102 cm³/mol. The summed E-state index contributed by atoms with van der Waals surface area (Å²) < 4.78 is 6.51. The van der Waals surface area contributed by atoms with Gasteiger partial charge in [0, 0.05) is 31.2 Å². The molecule has 1 aromatic carbocycles. The second-order valence-corrected chi connectivity index (χ2v) is 6.01. The van der Waals surface area contributed by atoms with Crippen LogP contribution in [0.2, 0.25) is 0 Å². The van der Waals surface area contributed by atoms with Crippen molar-refractivity contribution in [2.24, 2.45) is 0 Å². The number of aryl methyl sites for hydroxylation is 1. The Hall–Kier alpha value is -4.26. The largest absolute Gasteiger partial charge is 0.463 e. The van der Waals surface area contributed by atoms with Crippen LogP contribution in [0.5, 0.6) is 0 Å². The van der Waals surface area contributed by atoms with Gasteiger partial charge >= 0.3 is 0 Å². The summed E-state index contributed by atoms with van der Waals surface area (Å²) in [6.45, 7) is 0.214. The molecule has 0 atom stereocenters. The van der Waals surface area contributed by atoms with Gasteiger partial charge in [-0.05, 0) is 30.7 Å². The van der Waals surface area contributed by atoms with Crippen LogP contribution in [0.25, 0.3) is 11.5 Å². The molecular weight excluding hydrogens is 378 g/mol. The van der Waals surface area contributed by atoms with E-state index in [1.165, 1.54) is 29.1 Å². The molecule has 1 N–H and O–H groups in total. The molecule has 2 aromatic heterocycles. The highest BCUT2D eigenvalue weighted by atomic mass is 16.6. The normalized spacial score (nSPS) is 10.3. The summed E-state index contributed by atoms with van der Waals surface area (Å²) in [6, 6.07) is 11.8. The van der Waals surface area contributed by atoms with Crippen LogP contribution in [0.3, 0.4) is 0 Å². The van der Waals surface area contributed by atoms with E-state index in [1.807, 2.05) is 6.07 Å². The third-order valence-corrected chi connectivity index (χ3v) is 4.02. The van der Waals surface area contributed by atoms with Crippen molar-refractivity contribution >= 4 is 17.3 Å². The van der Waals surface area contributed by atoms with E-state index in [0.29, 0.717) is 17.9 Å². The van der Waals surface area contributed by atoms with E-state index < -0.39 is 4.92 Å². The first kappa shape index (κ1) is 19.5. The molecule has 0 aliphatic heterocycles. The van der Waals surface area contributed by atoms with Crippen molar-refractivity contribution in [1.82, 2.24) is 9.78 Å². The van der Waals surface area contributed by atoms with E-state index in [9.17, 15) is 19.7 Å². The fourth-order valence-electron chi connectivity index (χ4n) is 2.61. The van der Waals surface area contributed by atoms with Gasteiger partial charge in [-0.25, -0.2) is 4.68 Å². The zero-order valence-electron chi connectivity index (χ0n) is 15.1. The Balaban J connectivity index is 1.61. The summed E-state index contributed by atoms with van der Waals surface area (Å²) in [7, 11) is 0. The van der Waals surface area contributed by atoms with Gasteiger partial charge in [0.25, 0.3) is 11.2 Å². The molecule has 0 aliphatic carbocycles. The molecule has 0 bridgehead atoms. The Kier molecular flexibility index (Phi) is 5.80. The van der Waals surface area contributed by atoms with E-state index in [4.69, 9.17) is 9.68 Å². The highest BCUT2D eigenvalue weighted by molar-refractivity contribution is 5.92. The zero-order valence-corrected chi connectivity index (χ0v) is 15.1. The number of aromatic nitrogens is 2. The molecule has 146 valence electrons. The number of nitro benzene ring substituents is 1. The summed E-state index contributed by atoms with van der Waals surface area (Å²) in [5, 5.41) is 26.7. The number of anilines is 1. The number of nitrogens with zero attached hydrogens (tertiary/aromatic N) is 4. The number of furan rings is 1. The van der Waals surface area contributed by atoms with Crippen molar-refractivity contribution in [3.05, 3.63) is 74.8 Å². The number of hydrogen-bond donors (Lipinski definition) is 1. The van der Waals surface area contributed by atoms with Crippen molar-refractivity contribution in [3.63, 3.8) is 0 Å². The minimum atomic E-state index is -0.617. The molecule has 0 radical (unpaired) electrons. The second kappa shape index (κ2) is 8.62. The lowest BCUT2D eigenvalue weighted by Crippen LogP contribution is -2.23. The van der Waals surface area contributed by atoms with Crippen LogP contribution in [-0.4, -0.2) is 20.6 Å². The Morgan fingerprint density at radius 3 is 2.83 bits per heavy atom. The van der Waals surface area contributed by atoms with E-state index >= 15 is 0 Å². The molecule has 3 aromatic rings. The van der Waals surface area contributed by atoms with Crippen LogP contribution in [0.1, 0.15) is 18.4 Å². The molecule has 2 heterocycles. The van der Waals surface area contributed by atoms with Crippen LogP contribution < -0.4 is 10.9 Å². The van der Waals surface area contributed by atoms with E-state index in [2.05, 4.69) is 10.4 Å². The minimum Gasteiger partial charge on any atom is -0.463 e. The average Bonchev–Trinajstić information content (AvgIpc) is 3.24. The van der Waals surface area contributed by atoms with Crippen LogP contribution in [0.4, 0.5) is 11.4 Å². The van der Waals surface area contributed by atoms with Gasteiger partial charge in [-0.3, -0.25) is 19.7 Å². The molecule has 0 spiro atoms. The number of nitriles is 1. The minimum absolute atomic E-state index is 0.00316. The smallest absolute Gasteiger partial charge is 0.270 e. The lowest BCUT2D eigenvalue weighted by atomic mass is 10.1. The summed E-state index contributed by atoms with van der Waals surface area (Å²) in [5.41, 5.74) is 0.155. The number of nitrogens with one attached hydrogen (secondary N) is 1. The quantitative estimate of drug-likeness (QED) is 0.480. The van der Waals surface area contributed by atoms with Crippen molar-refractivity contribution in [2.75, 3.05) is 5.32 Å². The Morgan fingerprint density at radius 1 is 1.31 bits per heavy atom. The first-order valence-corrected chi connectivity index (χ1v) is 8.58. The summed E-state index contributed by atoms with van der Waals surface area (Å²) >= 11 is 0. The van der Waals surface area contributed by atoms with Gasteiger partial charge in [0.15, 0.2) is 5.76 Å². The lowest BCUT2D eigenvalue weighted by Gasteiger charge is -2.08. The number of carbonyl (C=O) groups excluding carboxylic acids is 1. The molecule has 0 aliphatic rings. The fourth-order valence-corrected chi connectivity index (χ4v) is 2.61. The maximum atomic E-state index is 12.2. The highest BCUT2D eigenvalue weighted by Crippen LogP contribution is 2.21. The predicted octanol–water partition coefficient (Wildman–Crippen LogP) is 2.70. The molecule has 0 fully saturated rings. The van der Waals surface area contributed by atoms with Gasteiger partial charge in [0.05, 0.1) is 22.4 Å². The average molecular weight is 393 g/mol. The van der Waals surface area contributed by atoms with Crippen LogP contribution in [0, 0.1) is 21.4 Å². The number of non-ortho nitro benzene ring substituents is 1. The van der Waals surface area contributed by atoms with Gasteiger partial charge in [-0.15, -0.1) is 0 Å². The molecule has 1 amide bonds. The summed E-state index contributed by atoms with van der Waals surface area (Å²) in [4.78, 5) is 34.3. The fraction of sp³-hybridized carbons (Fsp3) is 0.158. The van der Waals surface area contributed by atoms with E-state index in [1.54, 1.807) is 18.2 Å². The highest BCUT2D eigenvalue weighted by Gasteiger charge is 2.13. The molecule has 10 heteroatoms. The Morgan fingerprint density at radius 2 is 2.14 bits per heavy atom. The van der Waals surface area contributed by atoms with Gasteiger partial charge in [-0.2, -0.15) is 10.4 Å². The third-order valence-electron chi connectivity index (χ3n) is 4.02. The molecule has 10 nitrogen and oxygen atoms in total. The summed E-state index contributed by atoms with van der Waals surface area (Å²) in [6.07, 6.45) is 1.90. The van der Waals surface area contributed by atoms with Crippen molar-refractivity contribution < 1.29 is 14.1 Å². The molecule has 29 heavy (non-hydrogen) atoms. The van der Waals surface area contributed by atoms with Crippen LogP contribution in [-0.2, 0) is 11.3 Å². The monoisotopic (exact) mass is 393 g/mol. The number of carbonyl (C=O) groups is 1. The van der Waals surface area contributed by atoms with Gasteiger partial charge in [0.2, 0.25) is 5.91 Å². The standard InChI is InChI=1S/C19H15N5O5/c20-12-13-11-14(24(27)28)5-6-15(13)21-18(25)4-1-9-23-19(26)8-7-16(22-23)17-3-2-10-29-17/h2-3,5-8,10-11H,1,4,9H2,(H,21,25). The number of amides is 1. The molecule has 0 unspecified atom stereocenters. The number of hydrogen-bond acceptors (Lipinski definition) is 7. The first-order chi connectivity index (χ1) is 14.0. The van der Waals surface area contributed by atoms with Crippen molar-refractivity contribution in [2.45, 2.75) is 19.4 Å². The maximum Gasteiger partial charge on any atom is 0.270 e. The maximum absolute atomic E-state index is 12.2. The number of nitro groups is 1. The SMILES string of the molecule is N#Cc1cc([N+](=O)[O-])ccc1NC(=O)CCCn1nc(-c2ccco2)ccc1=O. The van der Waals surface area contributed by atoms with Crippen LogP contribution >= 0.6 is 0 Å². The molecular formula is C19H15N5O5. The van der Waals surface area contributed by atoms with Crippen LogP contribution in [0.15, 0.2) is 57.9 Å². The lowest BCUT2D eigenvalue weighted by molar-refractivity contribution is -0.384. The van der Waals surface area contributed by atoms with E-state index in [-0.39, 0.29) is 41.4 Å². The molecule has 0 saturated carbocycles. The third kappa shape index (κ3) is 4.72. The van der Waals surface area contributed by atoms with Gasteiger partial charge in [-0.1, -0.05) is 0 Å². The zero-order chi connectivity index (χ0) is 20.8. The van der Waals surface area contributed by atoms with Gasteiger partial charge in [0.1, 0.15) is 11.8 Å². The van der Waals surface area contributed by atoms with Crippen molar-refractivity contribution in [3.8, 4) is 17.5 Å². The Bertz CT molecular complexity index is 1140.